The summed E-state index contributed by atoms with van der Waals surface area (Å²) in [5.41, 5.74) is 10.0. The summed E-state index contributed by atoms with van der Waals surface area (Å²) in [5, 5.41) is 18.4. The Morgan fingerprint density at radius 3 is 0.950 bits per heavy atom. The van der Waals surface area contributed by atoms with Crippen LogP contribution in [0, 0.1) is 11.6 Å². The second kappa shape index (κ2) is 16.2. The number of fused-ring (bicyclic) bond motifs is 8. The lowest BCUT2D eigenvalue weighted by atomic mass is 10.0. The van der Waals surface area contributed by atoms with Gasteiger partial charge >= 0.3 is 11.9 Å². The molecule has 9 rings (SSSR count). The third kappa shape index (κ3) is 7.81. The van der Waals surface area contributed by atoms with Crippen molar-refractivity contribution in [1.82, 2.24) is 9.97 Å². The van der Waals surface area contributed by atoms with Crippen molar-refractivity contribution in [3.8, 4) is 11.5 Å². The van der Waals surface area contributed by atoms with Crippen LogP contribution in [-0.2, 0) is 9.59 Å². The molecule has 0 aliphatic carbocycles. The molecule has 0 amide bonds. The quantitative estimate of drug-likeness (QED) is 0.118. The van der Waals surface area contributed by atoms with Gasteiger partial charge in [-0.1, -0.05) is 48.5 Å². The fraction of sp³-hybridized carbons (Fsp3) is 0.0417. The second-order valence-corrected chi connectivity index (χ2v) is 16.0. The minimum atomic E-state index is -1.07. The number of rotatable bonds is 10. The van der Waals surface area contributed by atoms with E-state index in [9.17, 15) is 28.6 Å². The van der Waals surface area contributed by atoms with E-state index in [1.54, 1.807) is 71.2 Å². The molecule has 1 aliphatic heterocycles. The maximum Gasteiger partial charge on any atom is 0.341 e. The molecular formula is C48H32F2N2O6S2. The van der Waals surface area contributed by atoms with Crippen molar-refractivity contribution in [2.24, 2.45) is 0 Å². The lowest BCUT2D eigenvalue weighted by molar-refractivity contribution is -0.140. The van der Waals surface area contributed by atoms with Crippen molar-refractivity contribution in [3.05, 3.63) is 220 Å². The molecule has 8 bridgehead atoms. The molecule has 0 radical (unpaired) electrons. The smallest absolute Gasteiger partial charge is 0.341 e. The van der Waals surface area contributed by atoms with E-state index in [1.165, 1.54) is 24.3 Å². The Labute approximate surface area is 348 Å². The van der Waals surface area contributed by atoms with Gasteiger partial charge in [-0.3, -0.25) is 0 Å². The van der Waals surface area contributed by atoms with Gasteiger partial charge in [-0.25, -0.2) is 18.4 Å². The molecular weight excluding hydrogens is 803 g/mol. The van der Waals surface area contributed by atoms with Crippen LogP contribution in [0.3, 0.4) is 0 Å². The van der Waals surface area contributed by atoms with Crippen LogP contribution in [0.25, 0.3) is 22.3 Å². The molecule has 0 spiro atoms. The van der Waals surface area contributed by atoms with E-state index in [-0.39, 0.29) is 11.6 Å². The molecule has 1 aliphatic rings. The number of aromatic nitrogens is 2. The predicted molar refractivity (Wildman–Crippen MR) is 227 cm³/mol. The summed E-state index contributed by atoms with van der Waals surface area (Å²) in [7, 11) is 0. The first-order valence-corrected chi connectivity index (χ1v) is 20.3. The van der Waals surface area contributed by atoms with E-state index >= 15 is 0 Å². The van der Waals surface area contributed by atoms with Crippen LogP contribution in [0.4, 0.5) is 8.78 Å². The summed E-state index contributed by atoms with van der Waals surface area (Å²) in [4.78, 5) is 29.8. The number of H-pyrrole nitrogens is 2. The standard InChI is InChI=1S/C48H32F2N2O6S2/c49-31-9-1-27(2-10-31)45-35-17-19-37(51-35)47(29-5-13-33(14-6-29)57-25-43(53)54)41-23-24-42(60-41)48(30-7-15-34(16-8-30)58-26-44(55)56)38-20-18-36(52-38)46(40-22-21-39(45)59-40)28-3-11-32(50)12-4-28/h1-24,51-52H,25-26H2,(H,53,54)(H,55,56). The first-order chi connectivity index (χ1) is 29.2. The highest BCUT2D eigenvalue weighted by molar-refractivity contribution is 7.08. The molecule has 296 valence electrons. The lowest BCUT2D eigenvalue weighted by Gasteiger charge is -2.10. The second-order valence-electron chi connectivity index (χ2n) is 13.8. The fourth-order valence-corrected chi connectivity index (χ4v) is 9.61. The highest BCUT2D eigenvalue weighted by Gasteiger charge is 2.19. The molecule has 0 saturated carbocycles. The van der Waals surface area contributed by atoms with Gasteiger partial charge in [0.1, 0.15) is 23.1 Å². The normalized spacial score (nSPS) is 12.4. The molecule has 8 aromatic rings. The molecule has 0 fully saturated rings. The van der Waals surface area contributed by atoms with Crippen LogP contribution in [0.15, 0.2) is 146 Å². The van der Waals surface area contributed by atoms with Crippen molar-refractivity contribution >= 4 is 56.9 Å². The van der Waals surface area contributed by atoms with Gasteiger partial charge in [0, 0.05) is 63.2 Å². The molecule has 5 heterocycles. The highest BCUT2D eigenvalue weighted by Crippen LogP contribution is 2.30. The summed E-state index contributed by atoms with van der Waals surface area (Å²) in [6, 6.07) is 43.6. The maximum atomic E-state index is 14.3. The summed E-state index contributed by atoms with van der Waals surface area (Å²) < 4.78 is 43.3. The van der Waals surface area contributed by atoms with Crippen LogP contribution in [-0.4, -0.2) is 45.3 Å². The van der Waals surface area contributed by atoms with Gasteiger partial charge in [0.25, 0.3) is 0 Å². The zero-order valence-electron chi connectivity index (χ0n) is 31.4. The molecule has 8 nitrogen and oxygen atoms in total. The number of thiophene rings is 2. The molecule has 0 saturated heterocycles. The van der Waals surface area contributed by atoms with Gasteiger partial charge < -0.3 is 29.7 Å². The number of aromatic amines is 2. The summed E-state index contributed by atoms with van der Waals surface area (Å²) >= 11 is 3.13. The molecule has 4 aromatic heterocycles. The van der Waals surface area contributed by atoms with Crippen LogP contribution in [0.1, 0.15) is 45.0 Å². The number of carbonyl (C=O) groups is 2. The average Bonchev–Trinajstić information content (AvgIpc) is 4.10. The SMILES string of the molecule is O=C(O)COc1ccc(C2=c3ccc(s3)=C(c3ccc(OCC(=O)O)cc3)c3ccc([nH]3)C(c3ccc(F)cc3)=c3ccc(s3)=C(c3ccc(F)cc3)c3ccc2[nH]3)cc1. The molecule has 0 unspecified atom stereocenters. The zero-order chi connectivity index (χ0) is 41.3. The summed E-state index contributed by atoms with van der Waals surface area (Å²) in [6.07, 6.45) is 0. The topological polar surface area (TPSA) is 125 Å². The Hall–Kier alpha value is -7.28. The van der Waals surface area contributed by atoms with Crippen molar-refractivity contribution in [2.45, 2.75) is 0 Å². The van der Waals surface area contributed by atoms with Crippen LogP contribution in [0.5, 0.6) is 11.5 Å². The largest absolute Gasteiger partial charge is 0.482 e. The number of carboxylic acid groups (broad SMARTS) is 2. The number of nitrogens with one attached hydrogen (secondary N) is 2. The minimum Gasteiger partial charge on any atom is -0.482 e. The number of carboxylic acids is 2. The molecule has 0 atom stereocenters. The van der Waals surface area contributed by atoms with Crippen molar-refractivity contribution < 1.29 is 38.1 Å². The van der Waals surface area contributed by atoms with Crippen molar-refractivity contribution in [3.63, 3.8) is 0 Å². The number of ether oxygens (including phenoxy) is 2. The van der Waals surface area contributed by atoms with Gasteiger partial charge in [0.2, 0.25) is 0 Å². The van der Waals surface area contributed by atoms with Gasteiger partial charge in [0.15, 0.2) is 13.2 Å². The van der Waals surface area contributed by atoms with E-state index in [2.05, 4.69) is 22.1 Å². The summed E-state index contributed by atoms with van der Waals surface area (Å²) in [6.45, 7) is -0.934. The number of hydrogen-bond donors (Lipinski definition) is 4. The zero-order valence-corrected chi connectivity index (χ0v) is 33.0. The van der Waals surface area contributed by atoms with E-state index in [0.717, 1.165) is 85.5 Å². The maximum absolute atomic E-state index is 14.3. The Morgan fingerprint density at radius 2 is 0.683 bits per heavy atom. The number of benzene rings is 4. The van der Waals surface area contributed by atoms with E-state index in [4.69, 9.17) is 9.47 Å². The third-order valence-electron chi connectivity index (χ3n) is 9.92. The predicted octanol–water partition coefficient (Wildman–Crippen LogP) is 6.97. The van der Waals surface area contributed by atoms with Crippen LogP contribution < -0.4 is 27.6 Å². The molecule has 4 aromatic carbocycles. The Morgan fingerprint density at radius 1 is 0.417 bits per heavy atom. The van der Waals surface area contributed by atoms with E-state index < -0.39 is 25.2 Å². The number of hydrogen-bond acceptors (Lipinski definition) is 6. The Bertz CT molecular complexity index is 2950. The molecule has 12 heteroatoms. The minimum absolute atomic E-state index is 0.348. The van der Waals surface area contributed by atoms with Gasteiger partial charge in [0.05, 0.1) is 0 Å². The Kier molecular flexibility index (Phi) is 10.3. The van der Waals surface area contributed by atoms with Crippen molar-refractivity contribution in [1.29, 1.82) is 0 Å². The lowest BCUT2D eigenvalue weighted by Crippen LogP contribution is -2.10. The number of aliphatic carboxylic acids is 2. The first-order valence-electron chi connectivity index (χ1n) is 18.7. The van der Waals surface area contributed by atoms with Crippen molar-refractivity contribution in [2.75, 3.05) is 13.2 Å². The van der Waals surface area contributed by atoms with Crippen LogP contribution >= 0.6 is 22.7 Å². The monoisotopic (exact) mass is 834 g/mol. The average molecular weight is 835 g/mol. The fourth-order valence-electron chi connectivity index (χ4n) is 7.27. The van der Waals surface area contributed by atoms with E-state index in [1.807, 2.05) is 60.7 Å². The summed E-state index contributed by atoms with van der Waals surface area (Å²) in [5.74, 6) is -2.01. The molecule has 60 heavy (non-hydrogen) atoms. The third-order valence-corrected chi connectivity index (χ3v) is 12.2. The van der Waals surface area contributed by atoms with Crippen LogP contribution in [0.2, 0.25) is 0 Å². The van der Waals surface area contributed by atoms with Gasteiger partial charge in [-0.05, 0) is 119 Å². The Balaban J connectivity index is 1.34. The highest BCUT2D eigenvalue weighted by atomic mass is 32.1. The van der Waals surface area contributed by atoms with Gasteiger partial charge in [-0.2, -0.15) is 0 Å². The molecule has 4 N–H and O–H groups in total. The van der Waals surface area contributed by atoms with E-state index in [0.29, 0.717) is 11.5 Å². The first kappa shape index (κ1) is 38.2. The van der Waals surface area contributed by atoms with Gasteiger partial charge in [-0.15, -0.1) is 22.7 Å². The number of halogens is 2.